The molecule has 3 N–H and O–H groups in total. The van der Waals surface area contributed by atoms with Gasteiger partial charge in [-0.15, -0.1) is 4.68 Å². The van der Waals surface area contributed by atoms with Crippen LogP contribution in [0.3, 0.4) is 0 Å². The van der Waals surface area contributed by atoms with Gasteiger partial charge in [-0.3, -0.25) is 0 Å². The second-order valence-corrected chi connectivity index (χ2v) is 5.42. The lowest BCUT2D eigenvalue weighted by molar-refractivity contribution is -0.648. The molecule has 0 saturated carbocycles. The molecule has 0 spiro atoms. The van der Waals surface area contributed by atoms with E-state index in [9.17, 15) is 0 Å². The van der Waals surface area contributed by atoms with Gasteiger partial charge >= 0.3 is 0 Å². The van der Waals surface area contributed by atoms with E-state index in [0.29, 0.717) is 28.7 Å². The Morgan fingerprint density at radius 1 is 0.885 bits per heavy atom. The standard InChI is InChI=1S/C18H20N4O4/c1-23-15-6-5-11(7-13(15)19)14-10-20-21-22(14)12-8-16(24-2)18(26-4)17(9-12)25-3/h5-10H,19H2,1-4H3/p+1. The van der Waals surface area contributed by atoms with E-state index in [1.807, 2.05) is 30.3 Å². The Labute approximate surface area is 151 Å². The second kappa shape index (κ2) is 7.22. The van der Waals surface area contributed by atoms with Crippen molar-refractivity contribution in [3.8, 4) is 39.9 Å². The highest BCUT2D eigenvalue weighted by molar-refractivity contribution is 5.67. The Bertz CT molecular complexity index is 898. The summed E-state index contributed by atoms with van der Waals surface area (Å²) in [5, 5.41) is 7.11. The predicted octanol–water partition coefficient (Wildman–Crippen LogP) is 1.97. The molecule has 0 bridgehead atoms. The molecule has 3 rings (SSSR count). The van der Waals surface area contributed by atoms with Crippen molar-refractivity contribution in [2.45, 2.75) is 0 Å². The molecule has 136 valence electrons. The molecule has 0 amide bonds. The van der Waals surface area contributed by atoms with Crippen LogP contribution in [0, 0.1) is 0 Å². The smallest absolute Gasteiger partial charge is 0.214 e. The van der Waals surface area contributed by atoms with Crippen LogP contribution in [-0.4, -0.2) is 38.8 Å². The SMILES string of the molecule is COc1ccc(-c2cn[nH][n+]2-c2cc(OC)c(OC)c(OC)c2)cc1N. The Morgan fingerprint density at radius 2 is 1.54 bits per heavy atom. The summed E-state index contributed by atoms with van der Waals surface area (Å²) in [5.74, 6) is 2.24. The molecular weight excluding hydrogens is 336 g/mol. The van der Waals surface area contributed by atoms with E-state index in [1.165, 1.54) is 0 Å². The quantitative estimate of drug-likeness (QED) is 0.517. The first-order chi connectivity index (χ1) is 12.6. The highest BCUT2D eigenvalue weighted by Gasteiger charge is 2.21. The zero-order valence-corrected chi connectivity index (χ0v) is 15.1. The summed E-state index contributed by atoms with van der Waals surface area (Å²) < 4.78 is 23.2. The second-order valence-electron chi connectivity index (χ2n) is 5.42. The fraction of sp³-hybridized carbons (Fsp3) is 0.222. The molecule has 0 atom stereocenters. The number of anilines is 1. The number of aromatic amines is 1. The van der Waals surface area contributed by atoms with Gasteiger partial charge in [-0.05, 0) is 18.2 Å². The third kappa shape index (κ3) is 2.97. The van der Waals surface area contributed by atoms with Crippen LogP contribution in [0.5, 0.6) is 23.0 Å². The maximum Gasteiger partial charge on any atom is 0.214 e. The van der Waals surface area contributed by atoms with E-state index in [0.717, 1.165) is 16.9 Å². The Hall–Kier alpha value is -3.42. The average Bonchev–Trinajstić information content (AvgIpc) is 3.16. The number of benzene rings is 2. The number of aromatic nitrogens is 3. The predicted molar refractivity (Wildman–Crippen MR) is 96.2 cm³/mol. The van der Waals surface area contributed by atoms with Crippen molar-refractivity contribution >= 4 is 5.69 Å². The van der Waals surface area contributed by atoms with Crippen LogP contribution < -0.4 is 29.4 Å². The number of nitrogen functional groups attached to an aromatic ring is 1. The Morgan fingerprint density at radius 3 is 2.08 bits per heavy atom. The molecule has 2 aromatic carbocycles. The number of nitrogens with one attached hydrogen (secondary N) is 1. The molecule has 26 heavy (non-hydrogen) atoms. The number of nitrogens with zero attached hydrogens (tertiary/aromatic N) is 2. The van der Waals surface area contributed by atoms with Crippen molar-refractivity contribution in [1.82, 2.24) is 10.3 Å². The van der Waals surface area contributed by atoms with Gasteiger partial charge < -0.3 is 24.7 Å². The van der Waals surface area contributed by atoms with Crippen LogP contribution in [0.1, 0.15) is 0 Å². The summed E-state index contributed by atoms with van der Waals surface area (Å²) in [6.07, 6.45) is 1.71. The fourth-order valence-corrected chi connectivity index (χ4v) is 2.75. The highest BCUT2D eigenvalue weighted by Crippen LogP contribution is 2.38. The molecule has 0 unspecified atom stereocenters. The number of H-pyrrole nitrogens is 1. The van der Waals surface area contributed by atoms with Gasteiger partial charge in [0.2, 0.25) is 17.6 Å². The molecule has 8 nitrogen and oxygen atoms in total. The lowest BCUT2D eigenvalue weighted by Crippen LogP contribution is -2.35. The molecule has 1 aromatic heterocycles. The lowest BCUT2D eigenvalue weighted by Gasteiger charge is -2.13. The topological polar surface area (TPSA) is 95.5 Å². The van der Waals surface area contributed by atoms with Crippen LogP contribution in [-0.2, 0) is 0 Å². The summed E-state index contributed by atoms with van der Waals surface area (Å²) in [4.78, 5) is 0. The summed E-state index contributed by atoms with van der Waals surface area (Å²) >= 11 is 0. The third-order valence-corrected chi connectivity index (χ3v) is 4.02. The van der Waals surface area contributed by atoms with Gasteiger partial charge in [0.15, 0.2) is 17.2 Å². The van der Waals surface area contributed by atoms with Crippen molar-refractivity contribution < 1.29 is 23.6 Å². The largest absolute Gasteiger partial charge is 0.495 e. The number of nitrogens with two attached hydrogens (primary N) is 1. The summed E-state index contributed by atoms with van der Waals surface area (Å²) in [6, 6.07) is 9.22. The Kier molecular flexibility index (Phi) is 4.83. The average molecular weight is 357 g/mol. The van der Waals surface area contributed by atoms with E-state index in [4.69, 9.17) is 24.7 Å². The number of hydrogen-bond acceptors (Lipinski definition) is 6. The Balaban J connectivity index is 2.13. The molecule has 3 aromatic rings. The first kappa shape index (κ1) is 17.4. The van der Waals surface area contributed by atoms with Crippen molar-refractivity contribution in [2.24, 2.45) is 0 Å². The van der Waals surface area contributed by atoms with Crippen LogP contribution in [0.25, 0.3) is 16.9 Å². The first-order valence-corrected chi connectivity index (χ1v) is 7.82. The maximum atomic E-state index is 6.03. The van der Waals surface area contributed by atoms with Gasteiger partial charge in [-0.2, -0.15) is 0 Å². The van der Waals surface area contributed by atoms with Crippen molar-refractivity contribution in [3.63, 3.8) is 0 Å². The van der Waals surface area contributed by atoms with Gasteiger partial charge in [0, 0.05) is 22.8 Å². The van der Waals surface area contributed by atoms with E-state index in [1.54, 1.807) is 39.3 Å². The van der Waals surface area contributed by atoms with Crippen molar-refractivity contribution in [2.75, 3.05) is 34.2 Å². The minimum absolute atomic E-state index is 0.522. The van der Waals surface area contributed by atoms with Crippen molar-refractivity contribution in [1.29, 1.82) is 0 Å². The van der Waals surface area contributed by atoms with Gasteiger partial charge in [-0.1, -0.05) is 5.21 Å². The van der Waals surface area contributed by atoms with Gasteiger partial charge in [0.25, 0.3) is 0 Å². The number of methoxy groups -OCH3 is 4. The number of rotatable bonds is 6. The van der Waals surface area contributed by atoms with Crippen LogP contribution in [0.2, 0.25) is 0 Å². The summed E-state index contributed by atoms with van der Waals surface area (Å²) in [5.41, 5.74) is 9.04. The molecule has 0 aliphatic heterocycles. The minimum Gasteiger partial charge on any atom is -0.495 e. The minimum atomic E-state index is 0.522. The van der Waals surface area contributed by atoms with Crippen LogP contribution in [0.4, 0.5) is 5.69 Å². The highest BCUT2D eigenvalue weighted by atomic mass is 16.5. The van der Waals surface area contributed by atoms with Gasteiger partial charge in [-0.25, -0.2) is 0 Å². The zero-order valence-electron chi connectivity index (χ0n) is 15.1. The molecule has 0 saturated heterocycles. The van der Waals surface area contributed by atoms with Gasteiger partial charge in [0.05, 0.1) is 34.1 Å². The van der Waals surface area contributed by atoms with E-state index in [-0.39, 0.29) is 0 Å². The molecule has 0 aliphatic carbocycles. The maximum absolute atomic E-state index is 6.03. The first-order valence-electron chi connectivity index (χ1n) is 7.82. The van der Waals surface area contributed by atoms with Crippen LogP contribution in [0.15, 0.2) is 36.5 Å². The monoisotopic (exact) mass is 357 g/mol. The molecule has 1 heterocycles. The van der Waals surface area contributed by atoms with E-state index >= 15 is 0 Å². The van der Waals surface area contributed by atoms with Crippen molar-refractivity contribution in [3.05, 3.63) is 36.5 Å². The van der Waals surface area contributed by atoms with E-state index < -0.39 is 0 Å². The zero-order chi connectivity index (χ0) is 18.7. The van der Waals surface area contributed by atoms with E-state index in [2.05, 4.69) is 10.3 Å². The summed E-state index contributed by atoms with van der Waals surface area (Å²) in [6.45, 7) is 0. The molecule has 0 fully saturated rings. The summed E-state index contributed by atoms with van der Waals surface area (Å²) in [7, 11) is 6.29. The molecule has 0 radical (unpaired) electrons. The van der Waals surface area contributed by atoms with Crippen LogP contribution >= 0.6 is 0 Å². The molecule has 8 heteroatoms. The molecule has 0 aliphatic rings. The molecular formula is C18H21N4O4+. The third-order valence-electron chi connectivity index (χ3n) is 4.02. The number of ether oxygens (including phenoxy) is 4. The normalized spacial score (nSPS) is 10.5. The fourth-order valence-electron chi connectivity index (χ4n) is 2.75. The van der Waals surface area contributed by atoms with Gasteiger partial charge in [0.1, 0.15) is 5.75 Å². The number of hydrogen-bond donors (Lipinski definition) is 2. The lowest BCUT2D eigenvalue weighted by atomic mass is 10.1.